The largest absolute Gasteiger partial charge is 0.464 e. The van der Waals surface area contributed by atoms with Gasteiger partial charge in [-0.2, -0.15) is 0 Å². The first-order valence-electron chi connectivity index (χ1n) is 8.18. The van der Waals surface area contributed by atoms with Crippen molar-refractivity contribution < 1.29 is 14.3 Å². The molecule has 124 valence electrons. The van der Waals surface area contributed by atoms with E-state index >= 15 is 0 Å². The zero-order valence-corrected chi connectivity index (χ0v) is 14.3. The van der Waals surface area contributed by atoms with E-state index in [9.17, 15) is 4.79 Å². The van der Waals surface area contributed by atoms with Crippen LogP contribution in [-0.2, 0) is 14.3 Å². The molecule has 23 heavy (non-hydrogen) atoms. The molecule has 0 saturated carbocycles. The van der Waals surface area contributed by atoms with Gasteiger partial charge in [0.2, 0.25) is 0 Å². The van der Waals surface area contributed by atoms with Gasteiger partial charge < -0.3 is 9.47 Å². The molecule has 0 amide bonds. The van der Waals surface area contributed by atoms with Gasteiger partial charge in [0.15, 0.2) is 0 Å². The Labute approximate surface area is 142 Å². The highest BCUT2D eigenvalue weighted by Gasteiger charge is 2.46. The molecule has 1 aromatic carbocycles. The normalized spacial score (nSPS) is 33.0. The lowest BCUT2D eigenvalue weighted by atomic mass is 9.64. The van der Waals surface area contributed by atoms with Crippen LogP contribution in [0, 0.1) is 23.7 Å². The molecule has 0 spiro atoms. The minimum Gasteiger partial charge on any atom is -0.464 e. The van der Waals surface area contributed by atoms with Crippen LogP contribution in [0.5, 0.6) is 0 Å². The number of ether oxygens (including phenoxy) is 2. The lowest BCUT2D eigenvalue weighted by Crippen LogP contribution is -2.46. The Morgan fingerprint density at radius 1 is 1.35 bits per heavy atom. The molecule has 5 atom stereocenters. The predicted molar refractivity (Wildman–Crippen MR) is 90.2 cm³/mol. The van der Waals surface area contributed by atoms with Crippen LogP contribution in [0.25, 0.3) is 0 Å². The highest BCUT2D eigenvalue weighted by molar-refractivity contribution is 6.26. The number of alkyl halides is 1. The van der Waals surface area contributed by atoms with Gasteiger partial charge in [-0.25, -0.2) is 0 Å². The molecule has 1 aromatic rings. The SMILES string of the molecule is CC1=C[C@@H](C)[C@H]2CO[C@H](c3ccccc3)[C@@H]1[C@@H]2COC(=O)CCl. The highest BCUT2D eigenvalue weighted by atomic mass is 35.5. The number of hydrogen-bond acceptors (Lipinski definition) is 3. The molecule has 1 aliphatic carbocycles. The number of carbonyl (C=O) groups excluding carboxylic acids is 1. The van der Waals surface area contributed by atoms with Crippen molar-refractivity contribution in [1.82, 2.24) is 0 Å². The molecule has 1 fully saturated rings. The third-order valence-electron chi connectivity index (χ3n) is 5.21. The van der Waals surface area contributed by atoms with Crippen LogP contribution in [0.15, 0.2) is 42.0 Å². The van der Waals surface area contributed by atoms with Gasteiger partial charge in [0.1, 0.15) is 5.88 Å². The Bertz CT molecular complexity index is 584. The monoisotopic (exact) mass is 334 g/mol. The first kappa shape index (κ1) is 16.5. The molecule has 0 N–H and O–H groups in total. The molecule has 3 rings (SSSR count). The summed E-state index contributed by atoms with van der Waals surface area (Å²) in [6, 6.07) is 10.3. The molecule has 4 heteroatoms. The first-order chi connectivity index (χ1) is 11.1. The second kappa shape index (κ2) is 7.06. The average Bonchev–Trinajstić information content (AvgIpc) is 2.58. The average molecular weight is 335 g/mol. The minimum atomic E-state index is -0.346. The van der Waals surface area contributed by atoms with Crippen LogP contribution in [0.1, 0.15) is 25.5 Å². The van der Waals surface area contributed by atoms with Crippen molar-refractivity contribution in [1.29, 1.82) is 0 Å². The Kier molecular flexibility index (Phi) is 5.08. The molecule has 0 aromatic heterocycles. The van der Waals surface area contributed by atoms with Crippen molar-refractivity contribution in [2.75, 3.05) is 19.1 Å². The molecule has 2 bridgehead atoms. The maximum Gasteiger partial charge on any atom is 0.320 e. The predicted octanol–water partition coefficient (Wildman–Crippen LogP) is 3.98. The van der Waals surface area contributed by atoms with Crippen molar-refractivity contribution in [3.05, 3.63) is 47.5 Å². The Morgan fingerprint density at radius 3 is 2.78 bits per heavy atom. The lowest BCUT2D eigenvalue weighted by molar-refractivity contribution is -0.152. The van der Waals surface area contributed by atoms with Gasteiger partial charge >= 0.3 is 5.97 Å². The van der Waals surface area contributed by atoms with Gasteiger partial charge in [0.05, 0.1) is 19.3 Å². The van der Waals surface area contributed by atoms with E-state index in [1.807, 2.05) is 18.2 Å². The summed E-state index contributed by atoms with van der Waals surface area (Å²) in [4.78, 5) is 11.5. The zero-order chi connectivity index (χ0) is 16.4. The van der Waals surface area contributed by atoms with Crippen LogP contribution in [0.2, 0.25) is 0 Å². The smallest absolute Gasteiger partial charge is 0.320 e. The summed E-state index contributed by atoms with van der Waals surface area (Å²) in [6.07, 6.45) is 2.38. The summed E-state index contributed by atoms with van der Waals surface area (Å²) in [5.74, 6) is 0.901. The molecule has 0 radical (unpaired) electrons. The van der Waals surface area contributed by atoms with Crippen LogP contribution >= 0.6 is 11.6 Å². The number of benzene rings is 1. The van der Waals surface area contributed by atoms with Gasteiger partial charge in [-0.1, -0.05) is 48.9 Å². The van der Waals surface area contributed by atoms with Gasteiger partial charge in [-0.05, 0) is 24.3 Å². The maximum absolute atomic E-state index is 11.5. The number of carbonyl (C=O) groups is 1. The molecular formula is C19H23ClO3. The quantitative estimate of drug-likeness (QED) is 0.474. The van der Waals surface area contributed by atoms with Crippen LogP contribution in [-0.4, -0.2) is 25.1 Å². The summed E-state index contributed by atoms with van der Waals surface area (Å²) in [6.45, 7) is 5.50. The summed E-state index contributed by atoms with van der Waals surface area (Å²) >= 11 is 5.56. The number of allylic oxidation sites excluding steroid dienone is 1. The van der Waals surface area contributed by atoms with Crippen LogP contribution in [0.3, 0.4) is 0 Å². The molecule has 3 nitrogen and oxygen atoms in total. The fraction of sp³-hybridized carbons (Fsp3) is 0.526. The highest BCUT2D eigenvalue weighted by Crippen LogP contribution is 2.49. The fourth-order valence-electron chi connectivity index (χ4n) is 4.10. The third kappa shape index (κ3) is 3.31. The Balaban J connectivity index is 1.88. The maximum atomic E-state index is 11.5. The molecule has 2 aliphatic rings. The van der Waals surface area contributed by atoms with E-state index < -0.39 is 0 Å². The van der Waals surface area contributed by atoms with Crippen molar-refractivity contribution in [2.45, 2.75) is 20.0 Å². The zero-order valence-electron chi connectivity index (χ0n) is 13.6. The second-order valence-corrected chi connectivity index (χ2v) is 6.87. The van der Waals surface area contributed by atoms with Crippen LogP contribution in [0.4, 0.5) is 0 Å². The number of fused-ring (bicyclic) bond motifs is 2. The summed E-state index contributed by atoms with van der Waals surface area (Å²) in [5, 5.41) is 0. The van der Waals surface area contributed by atoms with Gasteiger partial charge in [0.25, 0.3) is 0 Å². The van der Waals surface area contributed by atoms with Crippen LogP contribution < -0.4 is 0 Å². The fourth-order valence-corrected chi connectivity index (χ4v) is 4.18. The summed E-state index contributed by atoms with van der Waals surface area (Å²) in [5.41, 5.74) is 2.51. The van der Waals surface area contributed by atoms with E-state index in [4.69, 9.17) is 21.1 Å². The lowest BCUT2D eigenvalue weighted by Gasteiger charge is -2.48. The van der Waals surface area contributed by atoms with Gasteiger partial charge in [-0.3, -0.25) is 4.79 Å². The van der Waals surface area contributed by atoms with E-state index in [0.29, 0.717) is 25.0 Å². The molecule has 0 unspecified atom stereocenters. The molecular weight excluding hydrogens is 312 g/mol. The summed E-state index contributed by atoms with van der Waals surface area (Å²) < 4.78 is 11.6. The second-order valence-electron chi connectivity index (χ2n) is 6.60. The van der Waals surface area contributed by atoms with Gasteiger partial charge in [-0.15, -0.1) is 11.6 Å². The van der Waals surface area contributed by atoms with E-state index in [0.717, 1.165) is 0 Å². The van der Waals surface area contributed by atoms with E-state index in [-0.39, 0.29) is 29.8 Å². The first-order valence-corrected chi connectivity index (χ1v) is 8.71. The van der Waals surface area contributed by atoms with E-state index in [2.05, 4.69) is 32.1 Å². The number of hydrogen-bond donors (Lipinski definition) is 0. The third-order valence-corrected chi connectivity index (χ3v) is 5.42. The van der Waals surface area contributed by atoms with Crippen molar-refractivity contribution in [2.24, 2.45) is 23.7 Å². The number of rotatable bonds is 4. The summed E-state index contributed by atoms with van der Waals surface area (Å²) in [7, 11) is 0. The van der Waals surface area contributed by atoms with Crippen molar-refractivity contribution in [3.63, 3.8) is 0 Å². The van der Waals surface area contributed by atoms with Crippen molar-refractivity contribution in [3.8, 4) is 0 Å². The standard InChI is InChI=1S/C19H23ClO3/c1-12-8-13(2)18-16(11-22-17(21)9-20)15(12)10-23-19(18)14-6-4-3-5-7-14/h3-8,12,15-16,18-19H,9-11H2,1-2H3/t12-,15-,16-,18+,19-/m1/s1. The number of halogens is 1. The molecule has 1 aliphatic heterocycles. The van der Waals surface area contributed by atoms with E-state index in [1.165, 1.54) is 11.1 Å². The topological polar surface area (TPSA) is 35.5 Å². The molecule has 1 saturated heterocycles. The minimum absolute atomic E-state index is 0.0240. The van der Waals surface area contributed by atoms with Gasteiger partial charge in [0, 0.05) is 11.8 Å². The Hall–Kier alpha value is -1.32. The van der Waals surface area contributed by atoms with E-state index in [1.54, 1.807) is 0 Å². The number of esters is 1. The Morgan fingerprint density at radius 2 is 2.09 bits per heavy atom. The molecule has 1 heterocycles. The van der Waals surface area contributed by atoms with Crippen molar-refractivity contribution >= 4 is 17.6 Å².